The Morgan fingerprint density at radius 3 is 1.12 bits per heavy atom. The number of carboxylic acids is 1. The van der Waals surface area contributed by atoms with Crippen molar-refractivity contribution < 1.29 is 19.2 Å². The van der Waals surface area contributed by atoms with Gasteiger partial charge in [-0.25, -0.2) is 0 Å². The number of carbonyl (C=O) groups excluding carboxylic acids is 1. The van der Waals surface area contributed by atoms with Crippen LogP contribution in [0.3, 0.4) is 0 Å². The van der Waals surface area contributed by atoms with Crippen molar-refractivity contribution in [3.05, 3.63) is 0 Å². The van der Waals surface area contributed by atoms with E-state index in [0.717, 1.165) is 6.92 Å². The summed E-state index contributed by atoms with van der Waals surface area (Å²) in [5.74, 6) is -0.868. The quantitative estimate of drug-likeness (QED) is 0.381. The van der Waals surface area contributed by atoms with Crippen molar-refractivity contribution in [2.24, 2.45) is 0 Å². The van der Waals surface area contributed by atoms with Crippen LogP contribution in [0.4, 0.5) is 0 Å². The molecule has 0 unspecified atom stereocenters. The molecule has 0 aliphatic carbocycles. The molecule has 0 bridgehead atoms. The molecule has 5 heteroatoms. The first-order valence-corrected chi connectivity index (χ1v) is 13.0. The van der Waals surface area contributed by atoms with E-state index in [9.17, 15) is 4.79 Å². The third-order valence-electron chi connectivity index (χ3n) is 4.70. The average molecular weight is 379 g/mol. The number of carboxylic acid groups (broad SMARTS) is 1. The van der Waals surface area contributed by atoms with Crippen LogP contribution in [-0.2, 0) is 14.1 Å². The molecule has 0 radical (unpaired) electrons. The fraction of sp³-hybridized carbons (Fsp3) is 0.900. The Kier molecular flexibility index (Phi) is 15.5. The van der Waals surface area contributed by atoms with E-state index in [2.05, 4.69) is 27.7 Å². The van der Waals surface area contributed by atoms with Crippen molar-refractivity contribution in [3.8, 4) is 0 Å². The molecular weight excluding hydrogens is 335 g/mol. The van der Waals surface area contributed by atoms with Gasteiger partial charge in [0.15, 0.2) is 0 Å². The molecule has 0 heterocycles. The number of rotatable bonds is 13. The van der Waals surface area contributed by atoms with E-state index in [1.165, 1.54) is 76.0 Å². The van der Waals surface area contributed by atoms with Crippen molar-refractivity contribution in [3.63, 3.8) is 0 Å². The Morgan fingerprint density at radius 2 is 0.960 bits per heavy atom. The van der Waals surface area contributed by atoms with Crippen LogP contribution < -0.4 is 0 Å². The molecule has 0 aromatic carbocycles. The van der Waals surface area contributed by atoms with Gasteiger partial charge in [-0.15, -0.1) is 0 Å². The van der Waals surface area contributed by atoms with E-state index in [-0.39, 0.29) is 5.97 Å². The molecule has 25 heavy (non-hydrogen) atoms. The molecule has 152 valence electrons. The Balaban J connectivity index is 0. The summed E-state index contributed by atoms with van der Waals surface area (Å²) in [7, 11) is 0. The van der Waals surface area contributed by atoms with Crippen molar-refractivity contribution in [1.82, 2.24) is 0 Å². The van der Waals surface area contributed by atoms with Crippen LogP contribution >= 0.6 is 6.83 Å². The van der Waals surface area contributed by atoms with Gasteiger partial charge in [-0.3, -0.25) is 4.79 Å². The number of aliphatic carboxylic acids is 1. The molecule has 0 rings (SSSR count). The van der Waals surface area contributed by atoms with Crippen molar-refractivity contribution >= 4 is 18.8 Å². The maximum atomic E-state index is 11.9. The van der Waals surface area contributed by atoms with Gasteiger partial charge in [0.1, 0.15) is 0 Å². The summed E-state index contributed by atoms with van der Waals surface area (Å²) in [4.78, 5) is 20.9. The molecule has 0 aromatic rings. The number of unbranched alkanes of at least 4 members (excludes halogenated alkanes) is 4. The third-order valence-corrected chi connectivity index (χ3v) is 11.3. The second-order valence-corrected chi connectivity index (χ2v) is 13.0. The Hall–Kier alpha value is -0.630. The molecule has 0 fully saturated rings. The minimum atomic E-state index is -2.33. The summed E-state index contributed by atoms with van der Waals surface area (Å²) in [5.41, 5.74) is 0. The van der Waals surface area contributed by atoms with Gasteiger partial charge in [0.2, 0.25) is 0 Å². The third kappa shape index (κ3) is 12.4. The maximum absolute atomic E-state index is 11.9. The summed E-state index contributed by atoms with van der Waals surface area (Å²) < 4.78 is 6.33. The number of hydrogen-bond donors (Lipinski definition) is 1. The predicted molar refractivity (Wildman–Crippen MR) is 111 cm³/mol. The normalized spacial score (nSPS) is 12.5. The fourth-order valence-corrected chi connectivity index (χ4v) is 10.3. The second kappa shape index (κ2) is 14.5. The van der Waals surface area contributed by atoms with Crippen LogP contribution in [0.2, 0.25) is 0 Å². The van der Waals surface area contributed by atoms with E-state index in [1.54, 1.807) is 6.92 Å². The van der Waals surface area contributed by atoms with Crippen molar-refractivity contribution in [1.29, 1.82) is 0 Å². The molecule has 0 spiro atoms. The first-order valence-electron chi connectivity index (χ1n) is 10.1. The molecule has 0 saturated carbocycles. The van der Waals surface area contributed by atoms with E-state index >= 15 is 0 Å². The van der Waals surface area contributed by atoms with E-state index < -0.39 is 12.8 Å². The first kappa shape index (κ1) is 26.6. The standard InChI is InChI=1S/C18H39O2P.C2H4O2/c1-6-10-14-21(15-11-7-2,16-12-8-3,17-13-9-4)20-18(5)19;1-2(3)4/h6-17H2,1-5H3;1H3,(H,3,4). The molecule has 0 aromatic heterocycles. The summed E-state index contributed by atoms with van der Waals surface area (Å²) in [6.45, 7) is 9.37. The average Bonchev–Trinajstić information content (AvgIpc) is 2.54. The molecule has 0 aliphatic rings. The van der Waals surface area contributed by atoms with Crippen LogP contribution in [0.1, 0.15) is 92.9 Å². The van der Waals surface area contributed by atoms with E-state index in [1.807, 2.05) is 0 Å². The van der Waals surface area contributed by atoms with Gasteiger partial charge < -0.3 is 5.11 Å². The van der Waals surface area contributed by atoms with Gasteiger partial charge in [0, 0.05) is 6.92 Å². The van der Waals surface area contributed by atoms with Gasteiger partial charge in [0.25, 0.3) is 5.97 Å². The van der Waals surface area contributed by atoms with Crippen LogP contribution in [0.15, 0.2) is 0 Å². The topological polar surface area (TPSA) is 63.6 Å². The summed E-state index contributed by atoms with van der Waals surface area (Å²) >= 11 is 0. The molecule has 0 saturated heterocycles. The van der Waals surface area contributed by atoms with Gasteiger partial charge in [-0.1, -0.05) is 0 Å². The van der Waals surface area contributed by atoms with Gasteiger partial charge in [-0.2, -0.15) is 0 Å². The summed E-state index contributed by atoms with van der Waals surface area (Å²) in [6, 6.07) is 0. The van der Waals surface area contributed by atoms with Crippen LogP contribution in [-0.4, -0.2) is 41.7 Å². The zero-order chi connectivity index (χ0) is 19.8. The zero-order valence-corrected chi connectivity index (χ0v) is 18.5. The van der Waals surface area contributed by atoms with Gasteiger partial charge in [-0.05, 0) is 0 Å². The SMILES string of the molecule is CC(=O)O.CCCCP(CCCC)(CCCC)(CCCC)OC(C)=O. The van der Waals surface area contributed by atoms with Crippen molar-refractivity contribution in [2.75, 3.05) is 24.6 Å². The van der Waals surface area contributed by atoms with E-state index in [4.69, 9.17) is 14.4 Å². The van der Waals surface area contributed by atoms with Crippen molar-refractivity contribution in [2.45, 2.75) is 92.9 Å². The monoisotopic (exact) mass is 378 g/mol. The molecular formula is C20H43O4P. The Morgan fingerprint density at radius 1 is 0.720 bits per heavy atom. The second-order valence-electron chi connectivity index (χ2n) is 7.27. The molecule has 0 aliphatic heterocycles. The number of hydrogen-bond acceptors (Lipinski definition) is 3. The number of carbonyl (C=O) groups is 2. The molecule has 0 amide bonds. The molecule has 1 N–H and O–H groups in total. The van der Waals surface area contributed by atoms with Crippen LogP contribution in [0, 0.1) is 0 Å². The minimum absolute atomic E-state index is 0.0351. The van der Waals surface area contributed by atoms with Gasteiger partial charge >= 0.3 is 133 Å². The van der Waals surface area contributed by atoms with Crippen LogP contribution in [0.25, 0.3) is 0 Å². The summed E-state index contributed by atoms with van der Waals surface area (Å²) in [5, 5.41) is 7.42. The van der Waals surface area contributed by atoms with Crippen LogP contribution in [0.5, 0.6) is 0 Å². The molecule has 0 atom stereocenters. The fourth-order valence-electron chi connectivity index (χ4n) is 3.45. The Bertz CT molecular complexity index is 321. The van der Waals surface area contributed by atoms with E-state index in [0.29, 0.717) is 0 Å². The Labute approximate surface area is 156 Å². The summed E-state index contributed by atoms with van der Waals surface area (Å²) in [6.07, 6.45) is 14.3. The molecule has 4 nitrogen and oxygen atoms in total. The first-order chi connectivity index (χ1) is 11.7. The zero-order valence-electron chi connectivity index (χ0n) is 17.6. The predicted octanol–water partition coefficient (Wildman–Crippen LogP) is 6.31. The van der Waals surface area contributed by atoms with Gasteiger partial charge in [0.05, 0.1) is 0 Å².